The molecule has 34 heavy (non-hydrogen) atoms. The topological polar surface area (TPSA) is 72.9 Å². The van der Waals surface area contributed by atoms with Gasteiger partial charge in [-0.3, -0.25) is 4.79 Å². The van der Waals surface area contributed by atoms with Crippen LogP contribution in [-0.2, 0) is 4.79 Å². The summed E-state index contributed by atoms with van der Waals surface area (Å²) in [5, 5.41) is 12.7. The van der Waals surface area contributed by atoms with Crippen molar-refractivity contribution in [3.05, 3.63) is 90.0 Å². The number of halogens is 2. The first-order valence-electron chi connectivity index (χ1n) is 11.0. The highest BCUT2D eigenvalue weighted by Gasteiger charge is 2.54. The molecule has 0 aliphatic carbocycles. The van der Waals surface area contributed by atoms with Crippen molar-refractivity contribution in [2.45, 2.75) is 18.0 Å². The highest BCUT2D eigenvalue weighted by Crippen LogP contribution is 2.43. The highest BCUT2D eigenvalue weighted by atomic mass is 19.1. The van der Waals surface area contributed by atoms with E-state index >= 15 is 0 Å². The zero-order valence-corrected chi connectivity index (χ0v) is 18.2. The Hall–Kier alpha value is -3.78. The summed E-state index contributed by atoms with van der Waals surface area (Å²) >= 11 is 0. The molecule has 2 fully saturated rings. The van der Waals surface area contributed by atoms with Crippen molar-refractivity contribution < 1.29 is 23.5 Å². The van der Waals surface area contributed by atoms with E-state index in [1.807, 2.05) is 24.3 Å². The lowest BCUT2D eigenvalue weighted by molar-refractivity contribution is -0.159. The van der Waals surface area contributed by atoms with E-state index in [1.165, 1.54) is 41.3 Å². The molecule has 3 amide bonds. The number of hydrogen-bond donors (Lipinski definition) is 2. The molecule has 8 heteroatoms. The van der Waals surface area contributed by atoms with Crippen LogP contribution in [0.4, 0.5) is 19.3 Å². The van der Waals surface area contributed by atoms with Gasteiger partial charge in [-0.1, -0.05) is 36.4 Å². The van der Waals surface area contributed by atoms with Crippen molar-refractivity contribution in [2.75, 3.05) is 25.0 Å². The average molecular weight is 463 g/mol. The Bertz CT molecular complexity index is 1200. The van der Waals surface area contributed by atoms with Crippen molar-refractivity contribution in [3.63, 3.8) is 0 Å². The Morgan fingerprint density at radius 1 is 0.912 bits per heavy atom. The molecule has 3 atom stereocenters. The smallest absolute Gasteiger partial charge is 0.322 e. The zero-order chi connectivity index (χ0) is 23.8. The quantitative estimate of drug-likeness (QED) is 0.618. The van der Waals surface area contributed by atoms with Gasteiger partial charge in [0.25, 0.3) is 0 Å². The molecule has 3 aromatic carbocycles. The number of nitrogens with zero attached hydrogens (tertiary/aromatic N) is 2. The second-order valence-corrected chi connectivity index (χ2v) is 8.59. The van der Waals surface area contributed by atoms with Crippen LogP contribution in [0.5, 0.6) is 0 Å². The summed E-state index contributed by atoms with van der Waals surface area (Å²) < 4.78 is 26.4. The molecule has 3 aromatic rings. The maximum Gasteiger partial charge on any atom is 0.322 e. The van der Waals surface area contributed by atoms with Gasteiger partial charge in [-0.25, -0.2) is 13.6 Å². The Balaban J connectivity index is 1.33. The fourth-order valence-electron chi connectivity index (χ4n) is 4.93. The van der Waals surface area contributed by atoms with Crippen LogP contribution in [0.2, 0.25) is 0 Å². The van der Waals surface area contributed by atoms with Gasteiger partial charge in [-0.2, -0.15) is 0 Å². The number of urea groups is 1. The van der Waals surface area contributed by atoms with Gasteiger partial charge in [-0.05, 0) is 53.1 Å². The minimum atomic E-state index is -0.433. The number of piperazine rings is 1. The standard InChI is InChI=1S/C26H23F2N3O3/c27-19-7-5-17(6-8-19)16-1-3-18(4-2-16)25-22-13-30(14-24(33)31(22)23(25)15-32)26(34)29-21-11-9-20(28)10-12-21/h1-12,22-23,25,32H,13-15H2,(H,29,34)/t22-,23+,25+/m0/s1. The molecule has 0 bridgehead atoms. The Labute approximate surface area is 195 Å². The summed E-state index contributed by atoms with van der Waals surface area (Å²) in [6.07, 6.45) is 0. The molecular formula is C26H23F2N3O3. The first-order chi connectivity index (χ1) is 16.4. The first kappa shape index (κ1) is 22.0. The van der Waals surface area contributed by atoms with Crippen LogP contribution in [0.15, 0.2) is 72.8 Å². The van der Waals surface area contributed by atoms with Crippen LogP contribution >= 0.6 is 0 Å². The summed E-state index contributed by atoms with van der Waals surface area (Å²) in [6, 6.07) is 18.4. The third-order valence-corrected chi connectivity index (χ3v) is 6.61. The van der Waals surface area contributed by atoms with Gasteiger partial charge < -0.3 is 20.2 Å². The number of anilines is 1. The van der Waals surface area contributed by atoms with E-state index in [9.17, 15) is 23.5 Å². The molecule has 0 radical (unpaired) electrons. The summed E-state index contributed by atoms with van der Waals surface area (Å²) in [7, 11) is 0. The molecule has 2 saturated heterocycles. The molecule has 6 nitrogen and oxygen atoms in total. The molecule has 0 saturated carbocycles. The third kappa shape index (κ3) is 4.01. The van der Waals surface area contributed by atoms with Gasteiger partial charge in [-0.15, -0.1) is 0 Å². The van der Waals surface area contributed by atoms with E-state index in [2.05, 4.69) is 5.32 Å². The maximum absolute atomic E-state index is 13.2. The molecule has 2 heterocycles. The monoisotopic (exact) mass is 463 g/mol. The molecule has 0 spiro atoms. The van der Waals surface area contributed by atoms with E-state index < -0.39 is 11.8 Å². The fraction of sp³-hybridized carbons (Fsp3) is 0.231. The lowest BCUT2D eigenvalue weighted by Gasteiger charge is -2.58. The second kappa shape index (κ2) is 8.87. The number of benzene rings is 3. The van der Waals surface area contributed by atoms with Crippen molar-refractivity contribution >= 4 is 17.6 Å². The van der Waals surface area contributed by atoms with E-state index in [-0.39, 0.29) is 42.9 Å². The van der Waals surface area contributed by atoms with Gasteiger partial charge >= 0.3 is 6.03 Å². The van der Waals surface area contributed by atoms with Crippen LogP contribution in [0.3, 0.4) is 0 Å². The molecule has 0 aromatic heterocycles. The van der Waals surface area contributed by atoms with Crippen molar-refractivity contribution in [1.82, 2.24) is 9.80 Å². The van der Waals surface area contributed by atoms with Crippen LogP contribution < -0.4 is 5.32 Å². The minimum Gasteiger partial charge on any atom is -0.394 e. The normalized spacial score (nSPS) is 21.6. The summed E-state index contributed by atoms with van der Waals surface area (Å²) in [5.41, 5.74) is 3.22. The van der Waals surface area contributed by atoms with E-state index in [0.717, 1.165) is 16.7 Å². The van der Waals surface area contributed by atoms with Crippen molar-refractivity contribution in [3.8, 4) is 11.1 Å². The molecule has 2 N–H and O–H groups in total. The Morgan fingerprint density at radius 2 is 1.47 bits per heavy atom. The molecule has 5 rings (SSSR count). The van der Waals surface area contributed by atoms with E-state index in [1.54, 1.807) is 17.0 Å². The minimum absolute atomic E-state index is 0.0871. The number of carbonyl (C=O) groups excluding carboxylic acids is 2. The molecule has 174 valence electrons. The fourth-order valence-corrected chi connectivity index (χ4v) is 4.93. The highest BCUT2D eigenvalue weighted by molar-refractivity contribution is 5.93. The van der Waals surface area contributed by atoms with Gasteiger partial charge in [0.1, 0.15) is 18.2 Å². The van der Waals surface area contributed by atoms with Crippen LogP contribution in [-0.4, -0.2) is 58.6 Å². The predicted octanol–water partition coefficient (Wildman–Crippen LogP) is 3.83. The van der Waals surface area contributed by atoms with Crippen molar-refractivity contribution in [1.29, 1.82) is 0 Å². The predicted molar refractivity (Wildman–Crippen MR) is 123 cm³/mol. The Morgan fingerprint density at radius 3 is 2.06 bits per heavy atom. The second-order valence-electron chi connectivity index (χ2n) is 8.59. The summed E-state index contributed by atoms with van der Waals surface area (Å²) in [4.78, 5) is 28.7. The average Bonchev–Trinajstić information content (AvgIpc) is 2.83. The molecule has 0 unspecified atom stereocenters. The summed E-state index contributed by atoms with van der Waals surface area (Å²) in [5.74, 6) is -1.04. The number of aliphatic hydroxyl groups is 1. The van der Waals surface area contributed by atoms with Gasteiger partial charge in [0.05, 0.1) is 18.7 Å². The lowest BCUT2D eigenvalue weighted by atomic mass is 9.73. The van der Waals surface area contributed by atoms with Gasteiger partial charge in [0.15, 0.2) is 0 Å². The first-order valence-corrected chi connectivity index (χ1v) is 11.0. The van der Waals surface area contributed by atoms with Crippen LogP contribution in [0.1, 0.15) is 11.5 Å². The molecular weight excluding hydrogens is 440 g/mol. The van der Waals surface area contributed by atoms with Gasteiger partial charge in [0, 0.05) is 18.2 Å². The number of rotatable bonds is 4. The number of hydrogen-bond acceptors (Lipinski definition) is 3. The SMILES string of the molecule is O=C(Nc1ccc(F)cc1)N1CC(=O)N2[C@H](CO)[C@H](c3ccc(-c4ccc(F)cc4)cc3)[C@@H]2C1. The zero-order valence-electron chi connectivity index (χ0n) is 18.2. The van der Waals surface area contributed by atoms with Crippen LogP contribution in [0.25, 0.3) is 11.1 Å². The molecule has 2 aliphatic rings. The van der Waals surface area contributed by atoms with Crippen LogP contribution in [0, 0.1) is 11.6 Å². The maximum atomic E-state index is 13.2. The van der Waals surface area contributed by atoms with E-state index in [4.69, 9.17) is 0 Å². The van der Waals surface area contributed by atoms with E-state index in [0.29, 0.717) is 12.2 Å². The lowest BCUT2D eigenvalue weighted by Crippen LogP contribution is -2.73. The number of nitrogens with one attached hydrogen (secondary N) is 1. The summed E-state index contributed by atoms with van der Waals surface area (Å²) in [6.45, 7) is 0.0598. The number of aliphatic hydroxyl groups excluding tert-OH is 1. The number of fused-ring (bicyclic) bond motifs is 1. The third-order valence-electron chi connectivity index (χ3n) is 6.61. The Kier molecular flexibility index (Phi) is 5.75. The largest absolute Gasteiger partial charge is 0.394 e. The van der Waals surface area contributed by atoms with Gasteiger partial charge in [0.2, 0.25) is 5.91 Å². The number of carbonyl (C=O) groups is 2. The molecule has 2 aliphatic heterocycles. The van der Waals surface area contributed by atoms with Crippen molar-refractivity contribution in [2.24, 2.45) is 0 Å². The number of amides is 3.